The molecule has 314 valence electrons. The summed E-state index contributed by atoms with van der Waals surface area (Å²) in [5, 5.41) is 11.5. The van der Waals surface area contributed by atoms with Gasteiger partial charge in [0.15, 0.2) is 0 Å². The molecule has 1 aromatic heterocycles. The Morgan fingerprint density at radius 2 is 1.16 bits per heavy atom. The second-order valence-corrected chi connectivity index (χ2v) is 16.0. The summed E-state index contributed by atoms with van der Waals surface area (Å²) in [6.07, 6.45) is 3.10. The number of nitrogens with zero attached hydrogens (tertiary/aromatic N) is 5. The molecule has 10 nitrogen and oxygen atoms in total. The number of nitrogens with two attached hydrogens (primary N) is 1. The van der Waals surface area contributed by atoms with Crippen molar-refractivity contribution < 1.29 is 27.0 Å². The third kappa shape index (κ3) is 12.7. The van der Waals surface area contributed by atoms with E-state index in [-0.39, 0.29) is 62.0 Å². The van der Waals surface area contributed by atoms with Gasteiger partial charge in [0.25, 0.3) is 11.8 Å². The van der Waals surface area contributed by atoms with Gasteiger partial charge in [-0.3, -0.25) is 9.80 Å². The van der Waals surface area contributed by atoms with Crippen LogP contribution >= 0.6 is 48.0 Å². The Hall–Kier alpha value is -2.14. The average Bonchev–Trinajstić information content (AvgIpc) is 3.60. The first kappa shape index (κ1) is 46.5. The lowest BCUT2D eigenvalue weighted by molar-refractivity contribution is -0.178. The third-order valence-electron chi connectivity index (χ3n) is 11.1. The van der Waals surface area contributed by atoms with Crippen molar-refractivity contribution >= 4 is 59.9 Å². The van der Waals surface area contributed by atoms with E-state index < -0.39 is 24.1 Å². The molecule has 4 aliphatic rings. The lowest BCUT2D eigenvalue weighted by atomic mass is 9.95. The second-order valence-electron chi connectivity index (χ2n) is 15.1. The summed E-state index contributed by atoms with van der Waals surface area (Å²) in [6, 6.07) is 16.1. The van der Waals surface area contributed by atoms with Gasteiger partial charge in [0.05, 0.1) is 13.2 Å². The van der Waals surface area contributed by atoms with Crippen LogP contribution < -0.4 is 16.0 Å². The Morgan fingerprint density at radius 1 is 0.732 bits per heavy atom. The number of hydrogen-bond donors (Lipinski definition) is 3. The molecule has 4 aliphatic heterocycles. The van der Waals surface area contributed by atoms with Crippen molar-refractivity contribution in [3.63, 3.8) is 0 Å². The maximum atomic E-state index is 14.0. The van der Waals surface area contributed by atoms with Crippen LogP contribution in [0.2, 0.25) is 10.0 Å². The number of alkyl halides is 4. The minimum Gasteiger partial charge on any atom is -0.369 e. The van der Waals surface area contributed by atoms with Crippen LogP contribution in [-0.4, -0.2) is 126 Å². The van der Waals surface area contributed by atoms with E-state index in [1.807, 2.05) is 48.5 Å². The molecule has 7 rings (SSSR count). The van der Waals surface area contributed by atoms with Crippen molar-refractivity contribution in [2.24, 2.45) is 0 Å². The normalized spacial score (nSPS) is 24.8. The van der Waals surface area contributed by atoms with Gasteiger partial charge in [0.2, 0.25) is 11.9 Å². The lowest BCUT2D eigenvalue weighted by Crippen LogP contribution is -2.60. The molecule has 2 aromatic carbocycles. The Bertz CT molecular complexity index is 1600. The van der Waals surface area contributed by atoms with E-state index in [0.717, 1.165) is 89.7 Å². The maximum absolute atomic E-state index is 14.0. The molecule has 4 saturated heterocycles. The summed E-state index contributed by atoms with van der Waals surface area (Å²) in [5.74, 6) is -4.81. The molecular weight excluding hydrogens is 818 g/mol. The molecule has 18 heteroatoms. The first-order chi connectivity index (χ1) is 25.7. The van der Waals surface area contributed by atoms with Crippen molar-refractivity contribution in [2.75, 3.05) is 63.1 Å². The molecule has 0 saturated carbocycles. The van der Waals surface area contributed by atoms with Crippen LogP contribution in [-0.2, 0) is 22.3 Å². The summed E-state index contributed by atoms with van der Waals surface area (Å²) in [6.45, 7) is 6.44. The Labute approximate surface area is 349 Å². The monoisotopic (exact) mass is 870 g/mol. The fraction of sp³-hybridized carbons (Fsp3) is 0.632. The van der Waals surface area contributed by atoms with E-state index in [0.29, 0.717) is 35.2 Å². The number of halogens is 8. The Morgan fingerprint density at radius 3 is 1.55 bits per heavy atom. The second kappa shape index (κ2) is 20.7. The van der Waals surface area contributed by atoms with Gasteiger partial charge in [-0.2, -0.15) is 4.98 Å². The SMILES string of the molecule is CC(F)(F)[C@H]1CN(C2CCN(c3n[nH]c(N)n3)CC2)[C@@H](Cc2ccc(Cl)cc2)CO1.CC(F)(F)[C@H]1CN(C2CCNCC2)[C@@H](Cc2ccc(Cl)cc2)CO1.Cl.Cl. The number of aromatic nitrogens is 3. The van der Waals surface area contributed by atoms with Crippen LogP contribution in [0.3, 0.4) is 0 Å². The number of morpholine rings is 2. The predicted octanol–water partition coefficient (Wildman–Crippen LogP) is 7.18. The molecule has 3 aromatic rings. The Balaban J connectivity index is 0.000000246. The smallest absolute Gasteiger partial charge is 0.272 e. The first-order valence-corrected chi connectivity index (χ1v) is 19.6. The van der Waals surface area contributed by atoms with Crippen molar-refractivity contribution in [3.05, 3.63) is 69.7 Å². The Kier molecular flexibility index (Phi) is 17.2. The van der Waals surface area contributed by atoms with Crippen LogP contribution in [0.5, 0.6) is 0 Å². The topological polar surface area (TPSA) is 108 Å². The molecule has 0 spiro atoms. The molecule has 4 N–H and O–H groups in total. The molecule has 0 unspecified atom stereocenters. The highest BCUT2D eigenvalue weighted by Gasteiger charge is 2.45. The predicted molar refractivity (Wildman–Crippen MR) is 218 cm³/mol. The molecule has 4 fully saturated rings. The number of nitrogen functional groups attached to an aromatic ring is 1. The minimum absolute atomic E-state index is 0. The third-order valence-corrected chi connectivity index (χ3v) is 11.6. The maximum Gasteiger partial charge on any atom is 0.272 e. The summed E-state index contributed by atoms with van der Waals surface area (Å²) < 4.78 is 66.7. The van der Waals surface area contributed by atoms with Crippen LogP contribution in [0.4, 0.5) is 29.5 Å². The zero-order chi connectivity index (χ0) is 38.5. The van der Waals surface area contributed by atoms with E-state index in [4.69, 9.17) is 38.4 Å². The lowest BCUT2D eigenvalue weighted by Gasteiger charge is -2.47. The zero-order valence-electron chi connectivity index (χ0n) is 31.7. The summed E-state index contributed by atoms with van der Waals surface area (Å²) >= 11 is 11.9. The fourth-order valence-electron chi connectivity index (χ4n) is 8.02. The fourth-order valence-corrected chi connectivity index (χ4v) is 8.27. The van der Waals surface area contributed by atoms with Crippen LogP contribution in [0, 0.1) is 0 Å². The molecule has 0 bridgehead atoms. The molecule has 0 radical (unpaired) electrons. The van der Waals surface area contributed by atoms with Crippen LogP contribution in [0.15, 0.2) is 48.5 Å². The summed E-state index contributed by atoms with van der Waals surface area (Å²) in [5.41, 5.74) is 7.91. The van der Waals surface area contributed by atoms with Crippen LogP contribution in [0.1, 0.15) is 50.7 Å². The molecular formula is C38H54Cl4F4N8O2. The highest BCUT2D eigenvalue weighted by atomic mass is 35.5. The number of rotatable bonds is 9. The molecule has 4 atom stereocenters. The van der Waals surface area contributed by atoms with Crippen molar-refractivity contribution in [1.29, 1.82) is 0 Å². The number of ether oxygens (including phenoxy) is 2. The standard InChI is InChI=1S/C20H27ClF2N6O.C18H25ClF2N2O.2ClH/c1-20(22,23)17-11-29(16(12-30-17)10-13-2-4-14(21)5-3-13)15-6-8-28(9-7-15)19-25-18(24)26-27-19;1-18(20,21)17-11-23(15-6-8-22-9-7-15)16(12-24-17)10-13-2-4-14(19)5-3-13;;/h2-5,15-17H,6-12H2,1H3,(H3,24,25,26,27);2-5,15-17,22H,6-12H2,1H3;2*1H/t2*16-,17+;;/m00../s1. The van der Waals surface area contributed by atoms with Crippen molar-refractivity contribution in [3.8, 4) is 0 Å². The number of hydrogen-bond acceptors (Lipinski definition) is 9. The van der Waals surface area contributed by atoms with Gasteiger partial charge in [-0.25, -0.2) is 22.7 Å². The highest BCUT2D eigenvalue weighted by Crippen LogP contribution is 2.32. The highest BCUT2D eigenvalue weighted by molar-refractivity contribution is 6.30. The van der Waals surface area contributed by atoms with E-state index in [1.165, 1.54) is 0 Å². The number of benzene rings is 2. The van der Waals surface area contributed by atoms with Gasteiger partial charge in [-0.05, 0) is 87.0 Å². The zero-order valence-corrected chi connectivity index (χ0v) is 34.8. The average molecular weight is 873 g/mol. The number of H-pyrrole nitrogens is 1. The van der Waals surface area contributed by atoms with E-state index in [2.05, 4.69) is 35.2 Å². The van der Waals surface area contributed by atoms with Gasteiger partial charge in [0, 0.05) is 74.2 Å². The van der Waals surface area contributed by atoms with E-state index in [1.54, 1.807) is 0 Å². The molecule has 56 heavy (non-hydrogen) atoms. The number of aromatic amines is 1. The van der Waals surface area contributed by atoms with Gasteiger partial charge in [-0.15, -0.1) is 29.9 Å². The molecule has 0 amide bonds. The van der Waals surface area contributed by atoms with E-state index in [9.17, 15) is 17.6 Å². The number of piperidine rings is 2. The van der Waals surface area contributed by atoms with Gasteiger partial charge >= 0.3 is 0 Å². The van der Waals surface area contributed by atoms with E-state index >= 15 is 0 Å². The van der Waals surface area contributed by atoms with Crippen LogP contribution in [0.25, 0.3) is 0 Å². The quantitative estimate of drug-likeness (QED) is 0.193. The van der Waals surface area contributed by atoms with Gasteiger partial charge in [0.1, 0.15) is 12.2 Å². The first-order valence-electron chi connectivity index (χ1n) is 18.9. The molecule has 5 heterocycles. The summed E-state index contributed by atoms with van der Waals surface area (Å²) in [4.78, 5) is 10.8. The number of anilines is 2. The molecule has 0 aliphatic carbocycles. The van der Waals surface area contributed by atoms with Gasteiger partial charge < -0.3 is 25.4 Å². The number of nitrogens with one attached hydrogen (secondary N) is 2. The summed E-state index contributed by atoms with van der Waals surface area (Å²) in [7, 11) is 0. The van der Waals surface area contributed by atoms with Gasteiger partial charge in [-0.1, -0.05) is 47.5 Å². The van der Waals surface area contributed by atoms with Crippen molar-refractivity contribution in [1.82, 2.24) is 30.3 Å². The van der Waals surface area contributed by atoms with Crippen molar-refractivity contribution in [2.45, 2.75) is 101 Å². The minimum atomic E-state index is -2.87. The largest absolute Gasteiger partial charge is 0.369 e.